The molecule has 1 aromatic rings. The first kappa shape index (κ1) is 15.8. The highest BCUT2D eigenvalue weighted by Crippen LogP contribution is 2.32. The first-order valence-electron chi connectivity index (χ1n) is 8.16. The van der Waals surface area contributed by atoms with Crippen LogP contribution in [-0.4, -0.2) is 42.6 Å². The summed E-state index contributed by atoms with van der Waals surface area (Å²) >= 11 is 0. The molecule has 3 amide bonds. The molecule has 0 aliphatic carbocycles. The van der Waals surface area contributed by atoms with Crippen LogP contribution < -0.4 is 15.4 Å². The summed E-state index contributed by atoms with van der Waals surface area (Å²) in [6.45, 7) is 5.95. The van der Waals surface area contributed by atoms with Gasteiger partial charge in [0.05, 0.1) is 6.61 Å². The minimum absolute atomic E-state index is 0.0201. The SMILES string of the molecule is CCOc1ccc(C2(C)NC(=O)N(C3CCNCC3)C2=O)cc1. The molecule has 2 fully saturated rings. The van der Waals surface area contributed by atoms with Crippen molar-refractivity contribution in [1.82, 2.24) is 15.5 Å². The molecule has 3 rings (SSSR count). The Morgan fingerprint density at radius 3 is 2.48 bits per heavy atom. The van der Waals surface area contributed by atoms with E-state index in [0.717, 1.165) is 37.2 Å². The maximum Gasteiger partial charge on any atom is 0.325 e. The Morgan fingerprint density at radius 2 is 1.87 bits per heavy atom. The van der Waals surface area contributed by atoms with Crippen molar-refractivity contribution >= 4 is 11.9 Å². The summed E-state index contributed by atoms with van der Waals surface area (Å²) in [7, 11) is 0. The molecule has 23 heavy (non-hydrogen) atoms. The Morgan fingerprint density at radius 1 is 1.22 bits per heavy atom. The number of nitrogens with zero attached hydrogens (tertiary/aromatic N) is 1. The second-order valence-corrected chi connectivity index (χ2v) is 6.17. The zero-order chi connectivity index (χ0) is 16.4. The van der Waals surface area contributed by atoms with Gasteiger partial charge < -0.3 is 15.4 Å². The van der Waals surface area contributed by atoms with Crippen molar-refractivity contribution in [3.63, 3.8) is 0 Å². The van der Waals surface area contributed by atoms with Crippen LogP contribution in [-0.2, 0) is 10.3 Å². The number of hydrogen-bond donors (Lipinski definition) is 2. The number of ether oxygens (including phenoxy) is 1. The van der Waals surface area contributed by atoms with Crippen molar-refractivity contribution in [2.24, 2.45) is 0 Å². The monoisotopic (exact) mass is 317 g/mol. The van der Waals surface area contributed by atoms with Crippen molar-refractivity contribution in [2.45, 2.75) is 38.3 Å². The van der Waals surface area contributed by atoms with E-state index in [1.54, 1.807) is 6.92 Å². The fourth-order valence-electron chi connectivity index (χ4n) is 3.30. The summed E-state index contributed by atoms with van der Waals surface area (Å²) < 4.78 is 5.43. The van der Waals surface area contributed by atoms with Crippen LogP contribution in [0, 0.1) is 0 Å². The number of carbonyl (C=O) groups excluding carboxylic acids is 2. The quantitative estimate of drug-likeness (QED) is 0.828. The highest BCUT2D eigenvalue weighted by molar-refractivity contribution is 6.07. The van der Waals surface area contributed by atoms with E-state index in [-0.39, 0.29) is 18.0 Å². The van der Waals surface area contributed by atoms with E-state index in [9.17, 15) is 9.59 Å². The van der Waals surface area contributed by atoms with Gasteiger partial charge in [0.2, 0.25) is 0 Å². The average Bonchev–Trinajstić information content (AvgIpc) is 2.79. The van der Waals surface area contributed by atoms with Gasteiger partial charge in [-0.3, -0.25) is 9.69 Å². The van der Waals surface area contributed by atoms with Crippen molar-refractivity contribution in [1.29, 1.82) is 0 Å². The van der Waals surface area contributed by atoms with E-state index < -0.39 is 5.54 Å². The van der Waals surface area contributed by atoms with Gasteiger partial charge in [0.1, 0.15) is 11.3 Å². The number of rotatable bonds is 4. The lowest BCUT2D eigenvalue weighted by Crippen LogP contribution is -2.47. The van der Waals surface area contributed by atoms with Gasteiger partial charge in [-0.05, 0) is 57.5 Å². The second kappa shape index (κ2) is 6.20. The Kier molecular flexibility index (Phi) is 4.26. The fourth-order valence-corrected chi connectivity index (χ4v) is 3.30. The fraction of sp³-hybridized carbons (Fsp3) is 0.529. The third-order valence-corrected chi connectivity index (χ3v) is 4.64. The van der Waals surface area contributed by atoms with Crippen LogP contribution in [0.3, 0.4) is 0 Å². The first-order chi connectivity index (χ1) is 11.1. The molecule has 1 aromatic carbocycles. The van der Waals surface area contributed by atoms with Crippen LogP contribution in [0.15, 0.2) is 24.3 Å². The smallest absolute Gasteiger partial charge is 0.325 e. The van der Waals surface area contributed by atoms with Crippen molar-refractivity contribution in [2.75, 3.05) is 19.7 Å². The molecule has 0 spiro atoms. The molecule has 0 bridgehead atoms. The van der Waals surface area contributed by atoms with Crippen LogP contribution >= 0.6 is 0 Å². The van der Waals surface area contributed by atoms with Gasteiger partial charge in [-0.2, -0.15) is 0 Å². The maximum absolute atomic E-state index is 12.9. The number of imide groups is 1. The third kappa shape index (κ3) is 2.79. The molecule has 0 saturated carbocycles. The number of nitrogens with one attached hydrogen (secondary N) is 2. The summed E-state index contributed by atoms with van der Waals surface area (Å²) in [6.07, 6.45) is 1.61. The molecule has 1 unspecified atom stereocenters. The zero-order valence-corrected chi connectivity index (χ0v) is 13.6. The van der Waals surface area contributed by atoms with E-state index in [0.29, 0.717) is 6.61 Å². The molecule has 6 nitrogen and oxygen atoms in total. The molecule has 124 valence electrons. The van der Waals surface area contributed by atoms with Crippen LogP contribution in [0.5, 0.6) is 5.75 Å². The number of hydrogen-bond acceptors (Lipinski definition) is 4. The Hall–Kier alpha value is -2.08. The standard InChI is InChI=1S/C17H23N3O3/c1-3-23-14-6-4-12(5-7-14)17(2)15(21)20(16(22)19-17)13-8-10-18-11-9-13/h4-7,13,18H,3,8-11H2,1-2H3,(H,19,22). The lowest BCUT2D eigenvalue weighted by Gasteiger charge is -2.30. The summed E-state index contributed by atoms with van der Waals surface area (Å²) in [4.78, 5) is 26.7. The number of amides is 3. The number of piperidine rings is 1. The van der Waals surface area contributed by atoms with Crippen molar-refractivity contribution in [3.05, 3.63) is 29.8 Å². The molecule has 1 atom stereocenters. The van der Waals surface area contributed by atoms with Gasteiger partial charge in [-0.1, -0.05) is 12.1 Å². The summed E-state index contributed by atoms with van der Waals surface area (Å²) in [5, 5.41) is 6.13. The van der Waals surface area contributed by atoms with Gasteiger partial charge >= 0.3 is 6.03 Å². The average molecular weight is 317 g/mol. The number of carbonyl (C=O) groups is 2. The van der Waals surface area contributed by atoms with Gasteiger partial charge in [-0.15, -0.1) is 0 Å². The largest absolute Gasteiger partial charge is 0.494 e. The number of urea groups is 1. The van der Waals surface area contributed by atoms with E-state index >= 15 is 0 Å². The summed E-state index contributed by atoms with van der Waals surface area (Å²) in [5.74, 6) is 0.588. The van der Waals surface area contributed by atoms with Gasteiger partial charge in [-0.25, -0.2) is 4.79 Å². The first-order valence-corrected chi connectivity index (χ1v) is 8.16. The lowest BCUT2D eigenvalue weighted by molar-refractivity contribution is -0.133. The minimum Gasteiger partial charge on any atom is -0.494 e. The van der Waals surface area contributed by atoms with Gasteiger partial charge in [0.25, 0.3) is 5.91 Å². The van der Waals surface area contributed by atoms with E-state index in [1.165, 1.54) is 4.90 Å². The van der Waals surface area contributed by atoms with Crippen molar-refractivity contribution < 1.29 is 14.3 Å². The predicted molar refractivity (Wildman–Crippen MR) is 86.2 cm³/mol. The van der Waals surface area contributed by atoms with Gasteiger partial charge in [0.15, 0.2) is 0 Å². The molecular formula is C17H23N3O3. The molecule has 6 heteroatoms. The van der Waals surface area contributed by atoms with Crippen molar-refractivity contribution in [3.8, 4) is 5.75 Å². The molecule has 2 N–H and O–H groups in total. The molecule has 0 aromatic heterocycles. The van der Waals surface area contributed by atoms with E-state index in [1.807, 2.05) is 31.2 Å². The van der Waals surface area contributed by atoms with Gasteiger partial charge in [0, 0.05) is 6.04 Å². The Labute approximate surface area is 136 Å². The van der Waals surface area contributed by atoms with E-state index in [4.69, 9.17) is 4.74 Å². The predicted octanol–water partition coefficient (Wildman–Crippen LogP) is 1.60. The summed E-state index contributed by atoms with van der Waals surface area (Å²) in [6, 6.07) is 7.03. The topological polar surface area (TPSA) is 70.7 Å². The second-order valence-electron chi connectivity index (χ2n) is 6.17. The summed E-state index contributed by atoms with van der Waals surface area (Å²) in [5.41, 5.74) is -0.233. The van der Waals surface area contributed by atoms with Crippen LogP contribution in [0.2, 0.25) is 0 Å². The lowest BCUT2D eigenvalue weighted by atomic mass is 9.91. The minimum atomic E-state index is -1.01. The highest BCUT2D eigenvalue weighted by atomic mass is 16.5. The van der Waals surface area contributed by atoms with Crippen LogP contribution in [0.1, 0.15) is 32.3 Å². The molecule has 2 aliphatic rings. The molecule has 0 radical (unpaired) electrons. The highest BCUT2D eigenvalue weighted by Gasteiger charge is 2.51. The van der Waals surface area contributed by atoms with Crippen LogP contribution in [0.4, 0.5) is 4.79 Å². The molecule has 2 heterocycles. The number of benzene rings is 1. The van der Waals surface area contributed by atoms with E-state index in [2.05, 4.69) is 10.6 Å². The maximum atomic E-state index is 12.9. The normalized spacial score (nSPS) is 25.6. The Bertz CT molecular complexity index is 596. The molecule has 2 saturated heterocycles. The van der Waals surface area contributed by atoms with Crippen LogP contribution in [0.25, 0.3) is 0 Å². The Balaban J connectivity index is 1.84. The molecular weight excluding hydrogens is 294 g/mol. The third-order valence-electron chi connectivity index (χ3n) is 4.64. The molecule has 2 aliphatic heterocycles. The zero-order valence-electron chi connectivity index (χ0n) is 13.6.